The van der Waals surface area contributed by atoms with Gasteiger partial charge in [-0.15, -0.1) is 0 Å². The highest BCUT2D eigenvalue weighted by Gasteiger charge is 2.29. The van der Waals surface area contributed by atoms with Crippen LogP contribution in [0.1, 0.15) is 66.4 Å². The molecule has 0 spiro atoms. The number of hydrogen-bond donors (Lipinski definition) is 1. The molecule has 5 nitrogen and oxygen atoms in total. The molecule has 2 fully saturated rings. The minimum atomic E-state index is 0.0504. The van der Waals surface area contributed by atoms with Gasteiger partial charge in [-0.25, -0.2) is 0 Å². The Morgan fingerprint density at radius 2 is 1.69 bits per heavy atom. The van der Waals surface area contributed by atoms with Crippen molar-refractivity contribution < 1.29 is 14.3 Å². The van der Waals surface area contributed by atoms with Gasteiger partial charge in [-0.05, 0) is 48.9 Å². The summed E-state index contributed by atoms with van der Waals surface area (Å²) in [6, 6.07) is 6.23. The van der Waals surface area contributed by atoms with Crippen LogP contribution in [0.25, 0.3) is 0 Å². The minimum absolute atomic E-state index is 0.0504. The van der Waals surface area contributed by atoms with E-state index in [2.05, 4.69) is 5.32 Å². The average molecular weight is 356 g/mol. The molecule has 2 aliphatic heterocycles. The summed E-state index contributed by atoms with van der Waals surface area (Å²) in [7, 11) is 0. The number of ether oxygens (including phenoxy) is 1. The zero-order valence-corrected chi connectivity index (χ0v) is 15.3. The van der Waals surface area contributed by atoms with E-state index >= 15 is 0 Å². The molecule has 1 saturated carbocycles. The molecule has 0 unspecified atom stereocenters. The molecule has 1 aliphatic carbocycles. The summed E-state index contributed by atoms with van der Waals surface area (Å²) >= 11 is 0. The maximum Gasteiger partial charge on any atom is 0.253 e. The quantitative estimate of drug-likeness (QED) is 0.906. The Balaban J connectivity index is 1.30. The summed E-state index contributed by atoms with van der Waals surface area (Å²) in [5.74, 6) is 0.318. The third-order valence-corrected chi connectivity index (χ3v) is 6.07. The number of nitrogens with one attached hydrogen (secondary N) is 1. The molecule has 2 amide bonds. The molecule has 1 saturated heterocycles. The normalized spacial score (nSPS) is 21.5. The number of piperidine rings is 1. The van der Waals surface area contributed by atoms with Crippen molar-refractivity contribution in [3.63, 3.8) is 0 Å². The number of hydrogen-bond acceptors (Lipinski definition) is 3. The van der Waals surface area contributed by atoms with Crippen molar-refractivity contribution in [2.75, 3.05) is 13.1 Å². The lowest BCUT2D eigenvalue weighted by Gasteiger charge is -2.33. The lowest BCUT2D eigenvalue weighted by atomic mass is 9.92. The number of likely N-dealkylation sites (tertiary alicyclic amines) is 1. The zero-order valence-electron chi connectivity index (χ0n) is 15.3. The van der Waals surface area contributed by atoms with Crippen LogP contribution in [0, 0.1) is 5.92 Å². The van der Waals surface area contributed by atoms with Gasteiger partial charge in [0.1, 0.15) is 0 Å². The number of carbonyl (C=O) groups excluding carboxylic acids is 2. The molecule has 1 N–H and O–H groups in total. The van der Waals surface area contributed by atoms with E-state index in [1.807, 2.05) is 23.1 Å². The smallest absolute Gasteiger partial charge is 0.253 e. The highest BCUT2D eigenvalue weighted by Crippen LogP contribution is 2.24. The van der Waals surface area contributed by atoms with E-state index in [1.165, 1.54) is 24.8 Å². The van der Waals surface area contributed by atoms with Crippen LogP contribution in [0.4, 0.5) is 0 Å². The molecule has 140 valence electrons. The van der Waals surface area contributed by atoms with E-state index in [0.29, 0.717) is 32.3 Å². The van der Waals surface area contributed by atoms with E-state index < -0.39 is 0 Å². The third-order valence-electron chi connectivity index (χ3n) is 6.07. The van der Waals surface area contributed by atoms with Gasteiger partial charge >= 0.3 is 0 Å². The monoisotopic (exact) mass is 356 g/mol. The number of fused-ring (bicyclic) bond motifs is 1. The first kappa shape index (κ1) is 17.5. The van der Waals surface area contributed by atoms with Crippen molar-refractivity contribution in [2.45, 2.75) is 64.2 Å². The summed E-state index contributed by atoms with van der Waals surface area (Å²) in [6.07, 6.45) is 7.50. The lowest BCUT2D eigenvalue weighted by molar-refractivity contribution is -0.127. The number of carbonyl (C=O) groups is 2. The van der Waals surface area contributed by atoms with Crippen molar-refractivity contribution in [1.29, 1.82) is 0 Å². The fourth-order valence-electron chi connectivity index (χ4n) is 4.40. The van der Waals surface area contributed by atoms with Crippen molar-refractivity contribution in [3.8, 4) is 0 Å². The van der Waals surface area contributed by atoms with Crippen LogP contribution in [-0.2, 0) is 22.7 Å². The van der Waals surface area contributed by atoms with Crippen LogP contribution in [0.5, 0.6) is 0 Å². The topological polar surface area (TPSA) is 58.6 Å². The summed E-state index contributed by atoms with van der Waals surface area (Å²) in [5, 5.41) is 3.24. The molecule has 3 aliphatic rings. The highest BCUT2D eigenvalue weighted by molar-refractivity contribution is 5.94. The highest BCUT2D eigenvalue weighted by atomic mass is 16.5. The molecule has 0 aromatic heterocycles. The first-order chi connectivity index (χ1) is 12.7. The Hall–Kier alpha value is -1.88. The van der Waals surface area contributed by atoms with Crippen LogP contribution in [0.15, 0.2) is 18.2 Å². The van der Waals surface area contributed by atoms with Gasteiger partial charge in [-0.2, -0.15) is 0 Å². The fourth-order valence-corrected chi connectivity index (χ4v) is 4.40. The van der Waals surface area contributed by atoms with Gasteiger partial charge in [0.05, 0.1) is 13.2 Å². The first-order valence-electron chi connectivity index (χ1n) is 10.00. The number of amides is 2. The summed E-state index contributed by atoms with van der Waals surface area (Å²) in [6.45, 7) is 2.56. The van der Waals surface area contributed by atoms with Crippen LogP contribution in [-0.4, -0.2) is 35.8 Å². The fraction of sp³-hybridized carbons (Fsp3) is 0.619. The van der Waals surface area contributed by atoms with Gasteiger partial charge < -0.3 is 15.0 Å². The Morgan fingerprint density at radius 1 is 0.962 bits per heavy atom. The van der Waals surface area contributed by atoms with Crippen LogP contribution < -0.4 is 5.32 Å². The molecule has 0 atom stereocenters. The molecule has 1 aromatic rings. The maximum atomic E-state index is 12.8. The predicted molar refractivity (Wildman–Crippen MR) is 98.6 cm³/mol. The van der Waals surface area contributed by atoms with Crippen LogP contribution in [0.2, 0.25) is 0 Å². The second-order valence-corrected chi connectivity index (χ2v) is 7.89. The molecule has 0 bridgehead atoms. The molecule has 0 radical (unpaired) electrons. The predicted octanol–water partition coefficient (Wildman–Crippen LogP) is 3.02. The number of rotatable bonds is 3. The lowest BCUT2D eigenvalue weighted by Crippen LogP contribution is -2.45. The Labute approximate surface area is 155 Å². The Morgan fingerprint density at radius 3 is 2.46 bits per heavy atom. The Bertz CT molecular complexity index is 674. The minimum Gasteiger partial charge on any atom is -0.372 e. The summed E-state index contributed by atoms with van der Waals surface area (Å²) in [4.78, 5) is 27.2. The van der Waals surface area contributed by atoms with E-state index in [4.69, 9.17) is 4.74 Å². The third kappa shape index (κ3) is 3.78. The molecule has 1 aromatic carbocycles. The van der Waals surface area contributed by atoms with Gasteiger partial charge in [0.25, 0.3) is 5.91 Å². The molecule has 2 heterocycles. The maximum absolute atomic E-state index is 12.8. The summed E-state index contributed by atoms with van der Waals surface area (Å²) in [5.41, 5.74) is 3.04. The number of benzene rings is 1. The van der Waals surface area contributed by atoms with Gasteiger partial charge in [0.2, 0.25) is 5.91 Å². The molecule has 5 heteroatoms. The number of nitrogens with zero attached hydrogens (tertiary/aromatic N) is 1. The van der Waals surface area contributed by atoms with Gasteiger partial charge in [-0.3, -0.25) is 9.59 Å². The van der Waals surface area contributed by atoms with E-state index in [9.17, 15) is 9.59 Å². The van der Waals surface area contributed by atoms with Crippen molar-refractivity contribution >= 4 is 11.8 Å². The van der Waals surface area contributed by atoms with Crippen molar-refractivity contribution in [2.24, 2.45) is 5.92 Å². The molecular weight excluding hydrogens is 328 g/mol. The van der Waals surface area contributed by atoms with Gasteiger partial charge in [0, 0.05) is 30.6 Å². The van der Waals surface area contributed by atoms with Gasteiger partial charge in [-0.1, -0.05) is 25.3 Å². The van der Waals surface area contributed by atoms with Crippen molar-refractivity contribution in [1.82, 2.24) is 10.2 Å². The van der Waals surface area contributed by atoms with Gasteiger partial charge in [0.15, 0.2) is 0 Å². The second kappa shape index (κ2) is 7.78. The average Bonchev–Trinajstić information content (AvgIpc) is 3.16. The first-order valence-corrected chi connectivity index (χ1v) is 10.00. The molecule has 26 heavy (non-hydrogen) atoms. The van der Waals surface area contributed by atoms with Crippen molar-refractivity contribution in [3.05, 3.63) is 34.9 Å². The SMILES string of the molecule is O=C(NC1CCCCC1)C1CCN(C(=O)c2ccc3c(c2)COC3)CC1. The standard InChI is InChI=1S/C21H28N2O3/c24-20(22-19-4-2-1-3-5-19)15-8-10-23(11-9-15)21(25)16-6-7-17-13-26-14-18(17)12-16/h6-7,12,15,19H,1-5,8-11,13-14H2,(H,22,24). The molecular formula is C21H28N2O3. The Kier molecular flexibility index (Phi) is 5.25. The van der Waals surface area contributed by atoms with E-state index in [-0.39, 0.29) is 17.7 Å². The van der Waals surface area contributed by atoms with E-state index in [1.54, 1.807) is 0 Å². The summed E-state index contributed by atoms with van der Waals surface area (Å²) < 4.78 is 5.43. The van der Waals surface area contributed by atoms with Crippen LogP contribution >= 0.6 is 0 Å². The zero-order chi connectivity index (χ0) is 17.9. The second-order valence-electron chi connectivity index (χ2n) is 7.89. The molecule has 4 rings (SSSR count). The van der Waals surface area contributed by atoms with E-state index in [0.717, 1.165) is 36.8 Å². The largest absolute Gasteiger partial charge is 0.372 e. The van der Waals surface area contributed by atoms with Crippen LogP contribution in [0.3, 0.4) is 0 Å².